The van der Waals surface area contributed by atoms with Gasteiger partial charge in [-0.2, -0.15) is 0 Å². The minimum Gasteiger partial charge on any atom is -0.327 e. The van der Waals surface area contributed by atoms with Gasteiger partial charge in [0.25, 0.3) is 5.56 Å². The van der Waals surface area contributed by atoms with Crippen LogP contribution in [0.3, 0.4) is 0 Å². The molecule has 0 aliphatic rings. The summed E-state index contributed by atoms with van der Waals surface area (Å²) in [7, 11) is 5.29. The van der Waals surface area contributed by atoms with Crippen molar-refractivity contribution in [2.45, 2.75) is 33.0 Å². The number of hydrogen-bond donors (Lipinski definition) is 1. The van der Waals surface area contributed by atoms with Gasteiger partial charge >= 0.3 is 5.69 Å². The van der Waals surface area contributed by atoms with Crippen LogP contribution in [0.25, 0.3) is 11.2 Å². The molecule has 0 saturated carbocycles. The van der Waals surface area contributed by atoms with E-state index in [-0.39, 0.29) is 11.2 Å². The molecule has 0 bridgehead atoms. The minimum atomic E-state index is -0.347. The Balaban J connectivity index is 2.04. The van der Waals surface area contributed by atoms with Gasteiger partial charge in [0.05, 0.1) is 7.05 Å². The number of nitrogens with one attached hydrogen (secondary N) is 1. The zero-order chi connectivity index (χ0) is 18.8. The van der Waals surface area contributed by atoms with Gasteiger partial charge in [0, 0.05) is 26.2 Å². The number of fused-ring (bicyclic) bond motifs is 1. The van der Waals surface area contributed by atoms with Crippen LogP contribution >= 0.6 is 0 Å². The van der Waals surface area contributed by atoms with Crippen LogP contribution in [0.2, 0.25) is 0 Å². The standard InChI is InChI=1S/C19H25N5O2/c1-5-11-24-15(13-21(2)12-14-9-7-6-8-10-14)20-17-16(24)18(25)23(4)19(26)22(17)3/h6-10H,5,11-13H2,1-4H3/p+1. The van der Waals surface area contributed by atoms with E-state index in [1.54, 1.807) is 7.05 Å². The third kappa shape index (κ3) is 3.22. The van der Waals surface area contributed by atoms with Crippen molar-refractivity contribution in [1.29, 1.82) is 0 Å². The van der Waals surface area contributed by atoms with Crippen molar-refractivity contribution in [1.82, 2.24) is 18.7 Å². The van der Waals surface area contributed by atoms with E-state index in [2.05, 4.69) is 31.1 Å². The molecule has 2 heterocycles. The quantitative estimate of drug-likeness (QED) is 0.679. The van der Waals surface area contributed by atoms with Crippen molar-refractivity contribution in [3.05, 3.63) is 62.6 Å². The maximum Gasteiger partial charge on any atom is 0.332 e. The fraction of sp³-hybridized carbons (Fsp3) is 0.421. The third-order valence-electron chi connectivity index (χ3n) is 4.68. The number of aromatic nitrogens is 4. The van der Waals surface area contributed by atoms with Gasteiger partial charge in [0.15, 0.2) is 17.0 Å². The topological polar surface area (TPSA) is 66.3 Å². The van der Waals surface area contributed by atoms with Crippen molar-refractivity contribution in [3.8, 4) is 0 Å². The molecule has 0 radical (unpaired) electrons. The molecule has 7 nitrogen and oxygen atoms in total. The van der Waals surface area contributed by atoms with Gasteiger partial charge in [-0.25, -0.2) is 9.78 Å². The Labute approximate surface area is 152 Å². The summed E-state index contributed by atoms with van der Waals surface area (Å²) in [6.45, 7) is 4.33. The smallest absolute Gasteiger partial charge is 0.327 e. The van der Waals surface area contributed by atoms with Crippen molar-refractivity contribution >= 4 is 11.2 Å². The largest absolute Gasteiger partial charge is 0.332 e. The second-order valence-electron chi connectivity index (χ2n) is 6.85. The number of rotatable bonds is 6. The first-order chi connectivity index (χ1) is 12.4. The fourth-order valence-corrected chi connectivity index (χ4v) is 3.37. The lowest BCUT2D eigenvalue weighted by atomic mass is 10.2. The first-order valence-corrected chi connectivity index (χ1v) is 8.94. The molecule has 0 aliphatic heterocycles. The SMILES string of the molecule is CCCn1c(C[NH+](C)Cc2ccccc2)nc2c1c(=O)n(C)c(=O)n2C. The van der Waals surface area contributed by atoms with Crippen LogP contribution < -0.4 is 16.1 Å². The van der Waals surface area contributed by atoms with E-state index in [9.17, 15) is 9.59 Å². The average molecular weight is 356 g/mol. The normalized spacial score (nSPS) is 12.6. The molecule has 0 aliphatic carbocycles. The maximum absolute atomic E-state index is 12.7. The van der Waals surface area contributed by atoms with Crippen LogP contribution in [0.4, 0.5) is 0 Å². The number of benzene rings is 1. The van der Waals surface area contributed by atoms with Gasteiger partial charge in [-0.1, -0.05) is 37.3 Å². The van der Waals surface area contributed by atoms with E-state index >= 15 is 0 Å². The zero-order valence-corrected chi connectivity index (χ0v) is 15.8. The molecule has 7 heteroatoms. The fourth-order valence-electron chi connectivity index (χ4n) is 3.37. The molecular formula is C19H26N5O2+. The summed E-state index contributed by atoms with van der Waals surface area (Å²) in [6, 6.07) is 10.3. The summed E-state index contributed by atoms with van der Waals surface area (Å²) in [5.41, 5.74) is 1.61. The van der Waals surface area contributed by atoms with Crippen LogP contribution in [0.5, 0.6) is 0 Å². The number of imidazole rings is 1. The number of aryl methyl sites for hydroxylation is 2. The van der Waals surface area contributed by atoms with Crippen molar-refractivity contribution in [2.75, 3.05) is 7.05 Å². The minimum absolute atomic E-state index is 0.281. The number of nitrogens with zero attached hydrogens (tertiary/aromatic N) is 4. The van der Waals surface area contributed by atoms with Crippen LogP contribution in [0.15, 0.2) is 39.9 Å². The summed E-state index contributed by atoms with van der Waals surface area (Å²) in [6.07, 6.45) is 0.891. The lowest BCUT2D eigenvalue weighted by Crippen LogP contribution is -3.06. The van der Waals surface area contributed by atoms with Gasteiger partial charge in [-0.05, 0) is 6.42 Å². The molecule has 26 heavy (non-hydrogen) atoms. The summed E-state index contributed by atoms with van der Waals surface area (Å²) in [4.78, 5) is 30.8. The van der Waals surface area contributed by atoms with E-state index in [0.717, 1.165) is 23.4 Å². The maximum atomic E-state index is 12.7. The van der Waals surface area contributed by atoms with Gasteiger partial charge in [-0.3, -0.25) is 13.9 Å². The molecule has 0 saturated heterocycles. The molecule has 1 unspecified atom stereocenters. The molecule has 0 amide bonds. The predicted molar refractivity (Wildman–Crippen MR) is 101 cm³/mol. The molecule has 2 aromatic heterocycles. The second kappa shape index (κ2) is 7.29. The Kier molecular flexibility index (Phi) is 5.08. The molecule has 3 rings (SSSR count). The summed E-state index contributed by atoms with van der Waals surface area (Å²) in [5.74, 6) is 0.841. The molecule has 3 aromatic rings. The van der Waals surface area contributed by atoms with E-state index in [1.807, 2.05) is 22.8 Å². The summed E-state index contributed by atoms with van der Waals surface area (Å²) >= 11 is 0. The Morgan fingerprint density at radius 1 is 1.04 bits per heavy atom. The first-order valence-electron chi connectivity index (χ1n) is 8.94. The Morgan fingerprint density at radius 2 is 1.73 bits per heavy atom. The van der Waals surface area contributed by atoms with Crippen molar-refractivity contribution in [2.24, 2.45) is 14.1 Å². The molecule has 1 aromatic carbocycles. The molecule has 1 N–H and O–H groups in total. The van der Waals surface area contributed by atoms with Gasteiger partial charge < -0.3 is 9.47 Å². The highest BCUT2D eigenvalue weighted by atomic mass is 16.2. The van der Waals surface area contributed by atoms with E-state index in [0.29, 0.717) is 24.3 Å². The highest BCUT2D eigenvalue weighted by molar-refractivity contribution is 5.71. The highest BCUT2D eigenvalue weighted by Crippen LogP contribution is 2.11. The molecule has 0 fully saturated rings. The third-order valence-corrected chi connectivity index (χ3v) is 4.68. The van der Waals surface area contributed by atoms with Crippen LogP contribution in [0.1, 0.15) is 24.7 Å². The monoisotopic (exact) mass is 356 g/mol. The molecule has 0 spiro atoms. The van der Waals surface area contributed by atoms with Gasteiger partial charge in [0.2, 0.25) is 0 Å². The van der Waals surface area contributed by atoms with E-state index in [1.165, 1.54) is 22.1 Å². The zero-order valence-electron chi connectivity index (χ0n) is 15.8. The second-order valence-corrected chi connectivity index (χ2v) is 6.85. The predicted octanol–water partition coefficient (Wildman–Crippen LogP) is 0.0586. The van der Waals surface area contributed by atoms with Gasteiger partial charge in [0.1, 0.15) is 13.1 Å². The summed E-state index contributed by atoms with van der Waals surface area (Å²) < 4.78 is 4.59. The van der Waals surface area contributed by atoms with Crippen molar-refractivity contribution < 1.29 is 4.90 Å². The molecule has 138 valence electrons. The lowest BCUT2D eigenvalue weighted by molar-refractivity contribution is -0.908. The number of hydrogen-bond acceptors (Lipinski definition) is 3. The lowest BCUT2D eigenvalue weighted by Gasteiger charge is -2.15. The van der Waals surface area contributed by atoms with Crippen LogP contribution in [-0.4, -0.2) is 25.7 Å². The molecular weight excluding hydrogens is 330 g/mol. The van der Waals surface area contributed by atoms with Crippen LogP contribution in [-0.2, 0) is 33.7 Å². The molecule has 1 atom stereocenters. The van der Waals surface area contributed by atoms with Crippen LogP contribution in [0, 0.1) is 0 Å². The highest BCUT2D eigenvalue weighted by Gasteiger charge is 2.20. The average Bonchev–Trinajstić information content (AvgIpc) is 2.97. The Hall–Kier alpha value is -2.67. The Morgan fingerprint density at radius 3 is 2.38 bits per heavy atom. The number of quaternary nitrogens is 1. The van der Waals surface area contributed by atoms with E-state index in [4.69, 9.17) is 0 Å². The van der Waals surface area contributed by atoms with Crippen molar-refractivity contribution in [3.63, 3.8) is 0 Å². The summed E-state index contributed by atoms with van der Waals surface area (Å²) in [5, 5.41) is 0. The first kappa shape index (κ1) is 18.1. The van der Waals surface area contributed by atoms with E-state index < -0.39 is 0 Å². The Bertz CT molecular complexity index is 1030. The van der Waals surface area contributed by atoms with Gasteiger partial charge in [-0.15, -0.1) is 0 Å².